The first-order chi connectivity index (χ1) is 14.0. The summed E-state index contributed by atoms with van der Waals surface area (Å²) in [6.45, 7) is 2.58. The maximum Gasteiger partial charge on any atom is 0.237 e. The van der Waals surface area contributed by atoms with E-state index in [2.05, 4.69) is 20.8 Å². The molecule has 8 nitrogen and oxygen atoms in total. The molecule has 0 spiro atoms. The summed E-state index contributed by atoms with van der Waals surface area (Å²) in [5.74, 6) is 0.828. The van der Waals surface area contributed by atoms with Crippen LogP contribution in [-0.4, -0.2) is 50.6 Å². The fraction of sp³-hybridized carbons (Fsp3) is 0.474. The average molecular weight is 421 g/mol. The lowest BCUT2D eigenvalue weighted by molar-refractivity contribution is -0.134. The normalized spacial score (nSPS) is 19.1. The minimum atomic E-state index is -0.617. The standard InChI is InChI=1S/C19H22ClFN6O2/c20-14-8-13(21)4-3-12(14)11-26-7-5-22-19(29)15(26)9-18(28)23-10-17-25-24-16-2-1-6-27(16)17/h3-4,8,15H,1-2,5-7,9-11H2,(H,22,29)(H,23,28). The Morgan fingerprint density at radius 1 is 1.34 bits per heavy atom. The second kappa shape index (κ2) is 8.46. The molecule has 0 saturated carbocycles. The summed E-state index contributed by atoms with van der Waals surface area (Å²) in [6, 6.07) is 3.57. The Kier molecular flexibility index (Phi) is 5.77. The van der Waals surface area contributed by atoms with E-state index in [1.807, 2.05) is 9.47 Å². The van der Waals surface area contributed by atoms with Gasteiger partial charge in [-0.15, -0.1) is 10.2 Å². The maximum atomic E-state index is 13.3. The fourth-order valence-corrected chi connectivity index (χ4v) is 4.04. The number of halogens is 2. The molecule has 1 fully saturated rings. The molecule has 2 aliphatic heterocycles. The number of amides is 2. The van der Waals surface area contributed by atoms with Crippen LogP contribution in [0.4, 0.5) is 4.39 Å². The van der Waals surface area contributed by atoms with Gasteiger partial charge in [0.05, 0.1) is 19.0 Å². The largest absolute Gasteiger partial charge is 0.353 e. The van der Waals surface area contributed by atoms with Gasteiger partial charge in [-0.1, -0.05) is 17.7 Å². The Hall–Kier alpha value is -2.52. The van der Waals surface area contributed by atoms with Crippen LogP contribution in [0, 0.1) is 5.82 Å². The van der Waals surface area contributed by atoms with Crippen molar-refractivity contribution in [3.63, 3.8) is 0 Å². The van der Waals surface area contributed by atoms with E-state index in [1.165, 1.54) is 12.1 Å². The fourth-order valence-electron chi connectivity index (χ4n) is 3.81. The first kappa shape index (κ1) is 19.8. The van der Waals surface area contributed by atoms with Crippen LogP contribution in [0.25, 0.3) is 0 Å². The van der Waals surface area contributed by atoms with Crippen LogP contribution < -0.4 is 10.6 Å². The molecule has 2 aliphatic rings. The smallest absolute Gasteiger partial charge is 0.237 e. The topological polar surface area (TPSA) is 92.2 Å². The summed E-state index contributed by atoms with van der Waals surface area (Å²) < 4.78 is 15.3. The minimum absolute atomic E-state index is 0.0195. The quantitative estimate of drug-likeness (QED) is 0.728. The van der Waals surface area contributed by atoms with Crippen molar-refractivity contribution >= 4 is 23.4 Å². The number of hydrogen-bond acceptors (Lipinski definition) is 5. The molecule has 0 bridgehead atoms. The summed E-state index contributed by atoms with van der Waals surface area (Å²) in [5.41, 5.74) is 0.715. The van der Waals surface area contributed by atoms with Gasteiger partial charge >= 0.3 is 0 Å². The molecule has 0 radical (unpaired) electrons. The molecule has 3 heterocycles. The molecule has 4 rings (SSSR count). The Bertz CT molecular complexity index is 933. The van der Waals surface area contributed by atoms with Crippen LogP contribution in [-0.2, 0) is 35.6 Å². The Morgan fingerprint density at radius 3 is 3.03 bits per heavy atom. The Balaban J connectivity index is 1.38. The van der Waals surface area contributed by atoms with Gasteiger partial charge in [-0.25, -0.2) is 4.39 Å². The number of carbonyl (C=O) groups excluding carboxylic acids is 2. The van der Waals surface area contributed by atoms with Crippen molar-refractivity contribution in [1.82, 2.24) is 30.3 Å². The van der Waals surface area contributed by atoms with E-state index in [9.17, 15) is 14.0 Å². The van der Waals surface area contributed by atoms with Crippen LogP contribution >= 0.6 is 11.6 Å². The van der Waals surface area contributed by atoms with Gasteiger partial charge in [0.15, 0.2) is 5.82 Å². The number of benzene rings is 1. The molecule has 2 N–H and O–H groups in total. The number of nitrogens with one attached hydrogen (secondary N) is 2. The molecule has 2 amide bonds. The van der Waals surface area contributed by atoms with Gasteiger partial charge in [0.1, 0.15) is 11.6 Å². The summed E-state index contributed by atoms with van der Waals surface area (Å²) in [7, 11) is 0. The Labute approximate surface area is 172 Å². The highest BCUT2D eigenvalue weighted by Crippen LogP contribution is 2.21. The number of piperazine rings is 1. The third-order valence-corrected chi connectivity index (χ3v) is 5.69. The molecule has 2 aromatic rings. The molecule has 1 aromatic carbocycles. The van der Waals surface area contributed by atoms with E-state index in [0.29, 0.717) is 30.2 Å². The van der Waals surface area contributed by atoms with Crippen molar-refractivity contribution in [1.29, 1.82) is 0 Å². The van der Waals surface area contributed by atoms with Crippen molar-refractivity contribution in [2.75, 3.05) is 13.1 Å². The van der Waals surface area contributed by atoms with E-state index >= 15 is 0 Å². The molecule has 10 heteroatoms. The molecule has 1 aromatic heterocycles. The maximum absolute atomic E-state index is 13.3. The van der Waals surface area contributed by atoms with E-state index in [-0.39, 0.29) is 24.8 Å². The average Bonchev–Trinajstić information content (AvgIpc) is 3.29. The third kappa shape index (κ3) is 4.40. The van der Waals surface area contributed by atoms with E-state index in [0.717, 1.165) is 31.0 Å². The number of hydrogen-bond donors (Lipinski definition) is 2. The molecule has 1 saturated heterocycles. The lowest BCUT2D eigenvalue weighted by Crippen LogP contribution is -2.56. The van der Waals surface area contributed by atoms with Crippen molar-refractivity contribution in [3.8, 4) is 0 Å². The van der Waals surface area contributed by atoms with E-state index < -0.39 is 11.9 Å². The number of carbonyl (C=O) groups is 2. The molecule has 29 heavy (non-hydrogen) atoms. The lowest BCUT2D eigenvalue weighted by Gasteiger charge is -2.34. The van der Waals surface area contributed by atoms with Gasteiger partial charge < -0.3 is 15.2 Å². The van der Waals surface area contributed by atoms with Gasteiger partial charge in [0.25, 0.3) is 0 Å². The molecule has 0 aliphatic carbocycles. The van der Waals surface area contributed by atoms with Gasteiger partial charge in [-0.3, -0.25) is 14.5 Å². The van der Waals surface area contributed by atoms with Crippen LogP contribution in [0.3, 0.4) is 0 Å². The zero-order valence-electron chi connectivity index (χ0n) is 15.8. The van der Waals surface area contributed by atoms with Gasteiger partial charge in [-0.2, -0.15) is 0 Å². The van der Waals surface area contributed by atoms with Crippen LogP contribution in [0.5, 0.6) is 0 Å². The van der Waals surface area contributed by atoms with Crippen molar-refractivity contribution in [2.45, 2.75) is 44.9 Å². The highest BCUT2D eigenvalue weighted by molar-refractivity contribution is 6.31. The molecular weight excluding hydrogens is 399 g/mol. The van der Waals surface area contributed by atoms with E-state index in [1.54, 1.807) is 6.07 Å². The highest BCUT2D eigenvalue weighted by Gasteiger charge is 2.32. The Morgan fingerprint density at radius 2 is 2.21 bits per heavy atom. The van der Waals surface area contributed by atoms with Gasteiger partial charge in [0, 0.05) is 37.6 Å². The minimum Gasteiger partial charge on any atom is -0.353 e. The first-order valence-corrected chi connectivity index (χ1v) is 10.0. The third-order valence-electron chi connectivity index (χ3n) is 5.34. The lowest BCUT2D eigenvalue weighted by atomic mass is 10.1. The molecule has 154 valence electrons. The number of aryl methyl sites for hydroxylation is 1. The van der Waals surface area contributed by atoms with Gasteiger partial charge in [0.2, 0.25) is 11.8 Å². The van der Waals surface area contributed by atoms with E-state index in [4.69, 9.17) is 11.6 Å². The first-order valence-electron chi connectivity index (χ1n) is 9.64. The second-order valence-corrected chi connectivity index (χ2v) is 7.69. The number of aromatic nitrogens is 3. The van der Waals surface area contributed by atoms with Crippen LogP contribution in [0.15, 0.2) is 18.2 Å². The van der Waals surface area contributed by atoms with Crippen molar-refractivity contribution in [3.05, 3.63) is 46.3 Å². The number of rotatable bonds is 6. The van der Waals surface area contributed by atoms with Gasteiger partial charge in [-0.05, 0) is 24.1 Å². The molecular formula is C19H22ClFN6O2. The highest BCUT2D eigenvalue weighted by atomic mass is 35.5. The zero-order chi connectivity index (χ0) is 20.4. The summed E-state index contributed by atoms with van der Waals surface area (Å²) in [5, 5.41) is 14.2. The van der Waals surface area contributed by atoms with Crippen LogP contribution in [0.1, 0.15) is 30.1 Å². The summed E-state index contributed by atoms with van der Waals surface area (Å²) >= 11 is 6.13. The number of nitrogens with zero attached hydrogens (tertiary/aromatic N) is 4. The monoisotopic (exact) mass is 420 g/mol. The predicted octanol–water partition coefficient (Wildman–Crippen LogP) is 1.02. The second-order valence-electron chi connectivity index (χ2n) is 7.28. The molecule has 1 atom stereocenters. The summed E-state index contributed by atoms with van der Waals surface area (Å²) in [6.07, 6.45) is 1.96. The number of fused-ring (bicyclic) bond motifs is 1. The predicted molar refractivity (Wildman–Crippen MR) is 103 cm³/mol. The SMILES string of the molecule is O=C(CC1C(=O)NCCN1Cc1ccc(F)cc1Cl)NCc1nnc2n1CCC2. The van der Waals surface area contributed by atoms with Crippen LogP contribution in [0.2, 0.25) is 5.02 Å². The zero-order valence-corrected chi connectivity index (χ0v) is 16.6. The summed E-state index contributed by atoms with van der Waals surface area (Å²) in [4.78, 5) is 26.8. The van der Waals surface area contributed by atoms with Crippen molar-refractivity contribution in [2.24, 2.45) is 0 Å². The van der Waals surface area contributed by atoms with Crippen molar-refractivity contribution < 1.29 is 14.0 Å². The molecule has 1 unspecified atom stereocenters.